The number of hydrogen-bond acceptors (Lipinski definition) is 3. The Balaban J connectivity index is 1.58. The van der Waals surface area contributed by atoms with E-state index in [0.29, 0.717) is 18.1 Å². The first-order valence-corrected chi connectivity index (χ1v) is 12.0. The van der Waals surface area contributed by atoms with E-state index in [2.05, 4.69) is 0 Å². The number of halogens is 1. The zero-order chi connectivity index (χ0) is 19.7. The van der Waals surface area contributed by atoms with E-state index in [-0.39, 0.29) is 22.7 Å². The standard InChI is InChI=1S/C23H27FO3S/c1-28(25,26)19-12-10-18(11-13-19)27-23-17(14-16-6-3-2-4-7-16)15-21-20(23)8-5-9-22(21)24/h5,8-13,16-17,23H,2-4,6-7,14-15H2,1H3. The van der Waals surface area contributed by atoms with E-state index in [1.165, 1.54) is 44.4 Å². The number of ether oxygens (including phenoxy) is 1. The highest BCUT2D eigenvalue weighted by Gasteiger charge is 2.37. The van der Waals surface area contributed by atoms with E-state index in [1.807, 2.05) is 6.07 Å². The Hall–Kier alpha value is -1.88. The quantitative estimate of drug-likeness (QED) is 0.664. The smallest absolute Gasteiger partial charge is 0.175 e. The third-order valence-electron chi connectivity index (χ3n) is 6.23. The summed E-state index contributed by atoms with van der Waals surface area (Å²) in [5.74, 6) is 1.42. The van der Waals surface area contributed by atoms with Crippen molar-refractivity contribution in [3.63, 3.8) is 0 Å². The molecule has 0 N–H and O–H groups in total. The largest absolute Gasteiger partial charge is 0.485 e. The Labute approximate surface area is 166 Å². The molecule has 2 aromatic carbocycles. The van der Waals surface area contributed by atoms with Crippen LogP contribution in [0.1, 0.15) is 55.8 Å². The Bertz CT molecular complexity index is 931. The van der Waals surface area contributed by atoms with Crippen LogP contribution in [0, 0.1) is 17.7 Å². The molecule has 5 heteroatoms. The fraction of sp³-hybridized carbons (Fsp3) is 0.478. The fourth-order valence-corrected chi connectivity index (χ4v) is 5.44. The molecule has 0 bridgehead atoms. The van der Waals surface area contributed by atoms with Crippen LogP contribution in [0.2, 0.25) is 0 Å². The van der Waals surface area contributed by atoms with E-state index >= 15 is 0 Å². The molecule has 2 unspecified atom stereocenters. The van der Waals surface area contributed by atoms with Crippen LogP contribution in [-0.2, 0) is 16.3 Å². The summed E-state index contributed by atoms with van der Waals surface area (Å²) >= 11 is 0. The monoisotopic (exact) mass is 402 g/mol. The van der Waals surface area contributed by atoms with Gasteiger partial charge in [0.15, 0.2) is 9.84 Å². The van der Waals surface area contributed by atoms with Gasteiger partial charge in [0.2, 0.25) is 0 Å². The van der Waals surface area contributed by atoms with Crippen LogP contribution in [0.4, 0.5) is 4.39 Å². The van der Waals surface area contributed by atoms with Crippen LogP contribution in [-0.4, -0.2) is 14.7 Å². The lowest BCUT2D eigenvalue weighted by molar-refractivity contribution is 0.124. The van der Waals surface area contributed by atoms with Crippen molar-refractivity contribution in [3.05, 3.63) is 59.4 Å². The van der Waals surface area contributed by atoms with Gasteiger partial charge in [-0.25, -0.2) is 12.8 Å². The van der Waals surface area contributed by atoms with Crippen LogP contribution in [0.25, 0.3) is 0 Å². The molecule has 1 fully saturated rings. The summed E-state index contributed by atoms with van der Waals surface area (Å²) in [5.41, 5.74) is 1.72. The van der Waals surface area contributed by atoms with E-state index < -0.39 is 9.84 Å². The van der Waals surface area contributed by atoms with Gasteiger partial charge in [0.25, 0.3) is 0 Å². The SMILES string of the molecule is CS(=O)(=O)c1ccc(OC2c3cccc(F)c3CC2CC2CCCCC2)cc1. The highest BCUT2D eigenvalue weighted by atomic mass is 32.2. The molecule has 3 nitrogen and oxygen atoms in total. The van der Waals surface area contributed by atoms with Crippen molar-refractivity contribution < 1.29 is 17.5 Å². The molecule has 0 amide bonds. The average molecular weight is 403 g/mol. The van der Waals surface area contributed by atoms with E-state index in [4.69, 9.17) is 4.74 Å². The van der Waals surface area contributed by atoms with Gasteiger partial charge in [-0.05, 0) is 60.2 Å². The topological polar surface area (TPSA) is 43.4 Å². The molecule has 0 spiro atoms. The Morgan fingerprint density at radius 3 is 2.43 bits per heavy atom. The number of sulfone groups is 1. The minimum absolute atomic E-state index is 0.148. The molecule has 1 saturated carbocycles. The van der Waals surface area contributed by atoms with Gasteiger partial charge in [-0.1, -0.05) is 44.2 Å². The van der Waals surface area contributed by atoms with Gasteiger partial charge in [0, 0.05) is 12.2 Å². The fourth-order valence-electron chi connectivity index (χ4n) is 4.81. The maximum Gasteiger partial charge on any atom is 0.175 e. The molecule has 4 rings (SSSR count). The van der Waals surface area contributed by atoms with Crippen molar-refractivity contribution in [1.82, 2.24) is 0 Å². The van der Waals surface area contributed by atoms with Gasteiger partial charge >= 0.3 is 0 Å². The first kappa shape index (κ1) is 19.4. The number of benzene rings is 2. The number of fused-ring (bicyclic) bond motifs is 1. The molecule has 0 heterocycles. The minimum atomic E-state index is -3.24. The average Bonchev–Trinajstić information content (AvgIpc) is 3.01. The van der Waals surface area contributed by atoms with E-state index in [1.54, 1.807) is 30.3 Å². The molecule has 0 aromatic heterocycles. The minimum Gasteiger partial charge on any atom is -0.485 e. The molecule has 2 aromatic rings. The summed E-state index contributed by atoms with van der Waals surface area (Å²) in [7, 11) is -3.24. The lowest BCUT2D eigenvalue weighted by Gasteiger charge is -2.28. The molecule has 2 aliphatic rings. The van der Waals surface area contributed by atoms with Crippen molar-refractivity contribution in [2.75, 3.05) is 6.26 Å². The van der Waals surface area contributed by atoms with Gasteiger partial charge in [-0.3, -0.25) is 0 Å². The van der Waals surface area contributed by atoms with E-state index in [9.17, 15) is 12.8 Å². The van der Waals surface area contributed by atoms with Crippen molar-refractivity contribution in [2.45, 2.75) is 55.9 Å². The third kappa shape index (κ3) is 4.09. The first-order valence-electron chi connectivity index (χ1n) is 10.2. The second kappa shape index (κ2) is 7.86. The van der Waals surface area contributed by atoms with Crippen molar-refractivity contribution >= 4 is 9.84 Å². The molecule has 2 atom stereocenters. The number of rotatable bonds is 5. The summed E-state index contributed by atoms with van der Waals surface area (Å²) in [4.78, 5) is 0.275. The zero-order valence-electron chi connectivity index (χ0n) is 16.2. The summed E-state index contributed by atoms with van der Waals surface area (Å²) in [5, 5.41) is 0. The van der Waals surface area contributed by atoms with Gasteiger partial charge in [-0.15, -0.1) is 0 Å². The number of hydrogen-bond donors (Lipinski definition) is 0. The zero-order valence-corrected chi connectivity index (χ0v) is 17.1. The van der Waals surface area contributed by atoms with Gasteiger partial charge in [0.05, 0.1) is 4.90 Å². The molecular weight excluding hydrogens is 375 g/mol. The highest BCUT2D eigenvalue weighted by molar-refractivity contribution is 7.90. The van der Waals surface area contributed by atoms with Crippen molar-refractivity contribution in [1.29, 1.82) is 0 Å². The Morgan fingerprint density at radius 1 is 1.04 bits per heavy atom. The van der Waals surface area contributed by atoms with Crippen LogP contribution in [0.3, 0.4) is 0 Å². The maximum absolute atomic E-state index is 14.4. The van der Waals surface area contributed by atoms with Crippen molar-refractivity contribution in [3.8, 4) is 5.75 Å². The van der Waals surface area contributed by atoms with Crippen LogP contribution in [0.15, 0.2) is 47.4 Å². The molecule has 2 aliphatic carbocycles. The lowest BCUT2D eigenvalue weighted by Crippen LogP contribution is -2.19. The van der Waals surface area contributed by atoms with Gasteiger partial charge in [-0.2, -0.15) is 0 Å². The summed E-state index contributed by atoms with van der Waals surface area (Å²) in [6.07, 6.45) is 9.19. The lowest BCUT2D eigenvalue weighted by atomic mass is 9.81. The summed E-state index contributed by atoms with van der Waals surface area (Å²) < 4.78 is 44.1. The van der Waals surface area contributed by atoms with Crippen molar-refractivity contribution in [2.24, 2.45) is 11.8 Å². The second-order valence-electron chi connectivity index (χ2n) is 8.29. The summed E-state index contributed by atoms with van der Waals surface area (Å²) in [6.45, 7) is 0. The predicted octanol–water partition coefficient (Wildman–Crippen LogP) is 5.49. The maximum atomic E-state index is 14.4. The molecule has 28 heavy (non-hydrogen) atoms. The normalized spacial score (nSPS) is 22.8. The molecule has 0 aliphatic heterocycles. The molecule has 150 valence electrons. The van der Waals surface area contributed by atoms with Crippen LogP contribution >= 0.6 is 0 Å². The third-order valence-corrected chi connectivity index (χ3v) is 7.36. The summed E-state index contributed by atoms with van der Waals surface area (Å²) in [6, 6.07) is 11.8. The molecule has 0 saturated heterocycles. The van der Waals surface area contributed by atoms with Gasteiger partial charge < -0.3 is 4.74 Å². The predicted molar refractivity (Wildman–Crippen MR) is 108 cm³/mol. The van der Waals surface area contributed by atoms with Crippen LogP contribution in [0.5, 0.6) is 5.75 Å². The highest BCUT2D eigenvalue weighted by Crippen LogP contribution is 2.45. The van der Waals surface area contributed by atoms with Crippen LogP contribution < -0.4 is 4.74 Å². The second-order valence-corrected chi connectivity index (χ2v) is 10.3. The first-order chi connectivity index (χ1) is 13.4. The Morgan fingerprint density at radius 2 is 1.75 bits per heavy atom. The Kier molecular flexibility index (Phi) is 5.46. The molecular formula is C23H27FO3S. The van der Waals surface area contributed by atoms with Gasteiger partial charge in [0.1, 0.15) is 17.7 Å². The molecule has 0 radical (unpaired) electrons. The van der Waals surface area contributed by atoms with E-state index in [0.717, 1.165) is 17.5 Å².